The second-order valence-electron chi connectivity index (χ2n) is 2.05. The van der Waals surface area contributed by atoms with Crippen LogP contribution in [0, 0.1) is 0 Å². The fraction of sp³-hybridized carbons (Fsp3) is 0. The molecule has 2 aromatic heterocycles. The molecule has 0 saturated heterocycles. The largest absolute Gasteiger partial charge is 0.265 e. The molecule has 2 nitrogen and oxygen atoms in total. The van der Waals surface area contributed by atoms with Crippen molar-refractivity contribution in [2.24, 2.45) is 0 Å². The molecule has 0 amide bonds. The van der Waals surface area contributed by atoms with Gasteiger partial charge in [-0.3, -0.25) is 9.97 Å². The molecule has 0 unspecified atom stereocenters. The first-order valence-corrected chi connectivity index (χ1v) is 4.20. The molecule has 0 saturated carbocycles. The molecular formula is C12H14N2. The van der Waals surface area contributed by atoms with Gasteiger partial charge in [0.05, 0.1) is 0 Å². The minimum atomic E-state index is 1.75. The minimum absolute atomic E-state index is 1.75. The molecule has 0 atom stereocenters. The molecule has 0 N–H and O–H groups in total. The van der Waals surface area contributed by atoms with E-state index >= 15 is 0 Å². The molecule has 2 rings (SSSR count). The van der Waals surface area contributed by atoms with Gasteiger partial charge < -0.3 is 0 Å². The molecule has 2 aromatic rings. The molecule has 0 radical (unpaired) electrons. The molecule has 0 fully saturated rings. The van der Waals surface area contributed by atoms with E-state index in [1.54, 1.807) is 24.8 Å². The third-order valence-electron chi connectivity index (χ3n) is 1.13. The third kappa shape index (κ3) is 8.14. The minimum Gasteiger partial charge on any atom is -0.265 e. The van der Waals surface area contributed by atoms with Crippen LogP contribution in [0.4, 0.5) is 0 Å². The van der Waals surface area contributed by atoms with Crippen LogP contribution >= 0.6 is 0 Å². The van der Waals surface area contributed by atoms with Crippen LogP contribution in [-0.2, 0) is 0 Å². The Morgan fingerprint density at radius 3 is 0.857 bits per heavy atom. The average molecular weight is 186 g/mol. The van der Waals surface area contributed by atoms with Crippen molar-refractivity contribution in [3.63, 3.8) is 0 Å². The van der Waals surface area contributed by atoms with Gasteiger partial charge in [-0.05, 0) is 24.3 Å². The summed E-state index contributed by atoms with van der Waals surface area (Å²) in [7, 11) is 0. The van der Waals surface area contributed by atoms with Crippen molar-refractivity contribution >= 4 is 0 Å². The second-order valence-corrected chi connectivity index (χ2v) is 2.05. The van der Waals surface area contributed by atoms with Gasteiger partial charge in [-0.15, -0.1) is 13.2 Å². The molecule has 0 aliphatic heterocycles. The molecule has 72 valence electrons. The Labute approximate surface area is 85.0 Å². The lowest BCUT2D eigenvalue weighted by Crippen LogP contribution is -1.58. The van der Waals surface area contributed by atoms with E-state index in [1.165, 1.54) is 0 Å². The quantitative estimate of drug-likeness (QED) is 0.591. The molecule has 14 heavy (non-hydrogen) atoms. The number of nitrogens with zero attached hydrogens (tertiary/aromatic N) is 2. The second kappa shape index (κ2) is 11.0. The van der Waals surface area contributed by atoms with Gasteiger partial charge in [0.2, 0.25) is 0 Å². The van der Waals surface area contributed by atoms with Crippen LogP contribution < -0.4 is 0 Å². The van der Waals surface area contributed by atoms with Crippen LogP contribution in [0.25, 0.3) is 0 Å². The predicted molar refractivity (Wildman–Crippen MR) is 59.7 cm³/mol. The lowest BCUT2D eigenvalue weighted by molar-refractivity contribution is 1.33. The van der Waals surface area contributed by atoms with E-state index in [-0.39, 0.29) is 0 Å². The van der Waals surface area contributed by atoms with E-state index in [0.717, 1.165) is 0 Å². The Morgan fingerprint density at radius 1 is 0.500 bits per heavy atom. The van der Waals surface area contributed by atoms with Crippen molar-refractivity contribution in [1.82, 2.24) is 9.97 Å². The monoisotopic (exact) mass is 186 g/mol. The third-order valence-corrected chi connectivity index (χ3v) is 1.13. The summed E-state index contributed by atoms with van der Waals surface area (Å²) in [6, 6.07) is 11.4. The van der Waals surface area contributed by atoms with Gasteiger partial charge >= 0.3 is 0 Å². The number of rotatable bonds is 0. The van der Waals surface area contributed by atoms with Crippen molar-refractivity contribution < 1.29 is 0 Å². The van der Waals surface area contributed by atoms with Crippen molar-refractivity contribution in [2.45, 2.75) is 0 Å². The van der Waals surface area contributed by atoms with E-state index in [4.69, 9.17) is 0 Å². The van der Waals surface area contributed by atoms with Gasteiger partial charge in [0.25, 0.3) is 0 Å². The molecule has 0 aliphatic rings. The summed E-state index contributed by atoms with van der Waals surface area (Å²) in [5.41, 5.74) is 0. The summed E-state index contributed by atoms with van der Waals surface area (Å²) in [6.45, 7) is 6.00. The van der Waals surface area contributed by atoms with Gasteiger partial charge in [-0.1, -0.05) is 12.1 Å². The Balaban J connectivity index is 0.000000206. The van der Waals surface area contributed by atoms with E-state index in [0.29, 0.717) is 0 Å². The highest BCUT2D eigenvalue weighted by Gasteiger charge is 1.59. The van der Waals surface area contributed by atoms with E-state index in [1.807, 2.05) is 36.4 Å². The number of aromatic nitrogens is 2. The number of hydrogen-bond acceptors (Lipinski definition) is 2. The number of pyridine rings is 2. The zero-order valence-electron chi connectivity index (χ0n) is 8.08. The molecule has 0 aromatic carbocycles. The summed E-state index contributed by atoms with van der Waals surface area (Å²) in [5.74, 6) is 0. The summed E-state index contributed by atoms with van der Waals surface area (Å²) >= 11 is 0. The standard InChI is InChI=1S/2C5H5N.C2H4/c2*1-2-4-6-5-3-1;1-2/h2*1-5H;1-2H2. The summed E-state index contributed by atoms with van der Waals surface area (Å²) in [4.78, 5) is 7.57. The Bertz CT molecular complexity index is 197. The Morgan fingerprint density at radius 2 is 0.786 bits per heavy atom. The summed E-state index contributed by atoms with van der Waals surface area (Å²) in [5, 5.41) is 0. The van der Waals surface area contributed by atoms with Crippen LogP contribution in [0.1, 0.15) is 0 Å². The predicted octanol–water partition coefficient (Wildman–Crippen LogP) is 2.97. The van der Waals surface area contributed by atoms with Gasteiger partial charge in [0.15, 0.2) is 0 Å². The van der Waals surface area contributed by atoms with Gasteiger partial charge in [0.1, 0.15) is 0 Å². The molecule has 0 bridgehead atoms. The van der Waals surface area contributed by atoms with E-state index in [9.17, 15) is 0 Å². The maximum atomic E-state index is 3.78. The van der Waals surface area contributed by atoms with Crippen molar-refractivity contribution in [3.8, 4) is 0 Å². The first-order valence-electron chi connectivity index (χ1n) is 4.20. The maximum absolute atomic E-state index is 3.78. The van der Waals surface area contributed by atoms with Crippen LogP contribution in [0.2, 0.25) is 0 Å². The zero-order chi connectivity index (χ0) is 10.5. The molecule has 0 spiro atoms. The smallest absolute Gasteiger partial charge is 0.0267 e. The Hall–Kier alpha value is -1.96. The lowest BCUT2D eigenvalue weighted by atomic mass is 10.5. The van der Waals surface area contributed by atoms with Crippen molar-refractivity contribution in [2.75, 3.05) is 0 Å². The first-order chi connectivity index (χ1) is 7.00. The summed E-state index contributed by atoms with van der Waals surface area (Å²) in [6.07, 6.45) is 7.00. The van der Waals surface area contributed by atoms with Gasteiger partial charge in [-0.2, -0.15) is 0 Å². The number of hydrogen-bond donors (Lipinski definition) is 0. The zero-order valence-corrected chi connectivity index (χ0v) is 8.08. The first kappa shape index (κ1) is 12.0. The lowest BCUT2D eigenvalue weighted by Gasteiger charge is -1.70. The van der Waals surface area contributed by atoms with E-state index < -0.39 is 0 Å². The van der Waals surface area contributed by atoms with Crippen molar-refractivity contribution in [1.29, 1.82) is 0 Å². The van der Waals surface area contributed by atoms with Crippen LogP contribution in [-0.4, -0.2) is 9.97 Å². The van der Waals surface area contributed by atoms with Crippen LogP contribution in [0.3, 0.4) is 0 Å². The molecular weight excluding hydrogens is 172 g/mol. The van der Waals surface area contributed by atoms with Gasteiger partial charge in [0, 0.05) is 24.8 Å². The highest BCUT2D eigenvalue weighted by molar-refractivity contribution is 4.88. The summed E-state index contributed by atoms with van der Waals surface area (Å²) < 4.78 is 0. The Kier molecular flexibility index (Phi) is 9.49. The fourth-order valence-corrected chi connectivity index (χ4v) is 0.625. The average Bonchev–Trinajstić information content (AvgIpc) is 2.37. The molecule has 0 aliphatic carbocycles. The topological polar surface area (TPSA) is 25.8 Å². The van der Waals surface area contributed by atoms with Crippen molar-refractivity contribution in [3.05, 3.63) is 74.3 Å². The highest BCUT2D eigenvalue weighted by atomic mass is 14.6. The molecule has 2 heterocycles. The SMILES string of the molecule is C=C.c1ccncc1.c1ccncc1. The van der Waals surface area contributed by atoms with Gasteiger partial charge in [-0.25, -0.2) is 0 Å². The van der Waals surface area contributed by atoms with Crippen LogP contribution in [0.5, 0.6) is 0 Å². The van der Waals surface area contributed by atoms with Crippen LogP contribution in [0.15, 0.2) is 74.3 Å². The fourth-order valence-electron chi connectivity index (χ4n) is 0.625. The molecule has 2 heteroatoms. The highest BCUT2D eigenvalue weighted by Crippen LogP contribution is 1.74. The normalized spacial score (nSPS) is 7.14. The van der Waals surface area contributed by atoms with E-state index in [2.05, 4.69) is 23.1 Å². The maximum Gasteiger partial charge on any atom is 0.0267 e.